The fraction of sp³-hybridized carbons (Fsp3) is 0.500. The van der Waals surface area contributed by atoms with Crippen molar-refractivity contribution in [1.29, 1.82) is 0 Å². The first-order chi connectivity index (χ1) is 15.4. The monoisotopic (exact) mass is 456 g/mol. The predicted octanol–water partition coefficient (Wildman–Crippen LogP) is 4.29. The molecule has 0 radical (unpaired) electrons. The Kier molecular flexibility index (Phi) is 7.08. The molecule has 172 valence electrons. The minimum absolute atomic E-state index is 0.0225. The van der Waals surface area contributed by atoms with Gasteiger partial charge in [0.15, 0.2) is 0 Å². The SMILES string of the molecule is CN(C)[C@@]1(c2ccccc2)CC[C@@H](Cc2cccc(O[C@@H]3CNC(C(=O)O)C3)c2)[C@@H](Cl)C1. The van der Waals surface area contributed by atoms with Crippen molar-refractivity contribution in [2.75, 3.05) is 20.6 Å². The summed E-state index contributed by atoms with van der Waals surface area (Å²) in [6, 6.07) is 18.4. The molecule has 1 heterocycles. The maximum atomic E-state index is 11.2. The first-order valence-corrected chi connectivity index (χ1v) is 11.9. The highest BCUT2D eigenvalue weighted by Crippen LogP contribution is 2.45. The molecule has 1 aliphatic heterocycles. The highest BCUT2D eigenvalue weighted by molar-refractivity contribution is 6.20. The molecular weight excluding hydrogens is 424 g/mol. The highest BCUT2D eigenvalue weighted by atomic mass is 35.5. The molecule has 2 N–H and O–H groups in total. The number of nitrogens with one attached hydrogen (secondary N) is 1. The quantitative estimate of drug-likeness (QED) is 0.608. The third-order valence-electron chi connectivity index (χ3n) is 7.23. The van der Waals surface area contributed by atoms with E-state index in [0.29, 0.717) is 18.9 Å². The van der Waals surface area contributed by atoms with Gasteiger partial charge in [-0.2, -0.15) is 0 Å². The summed E-state index contributed by atoms with van der Waals surface area (Å²) in [5, 5.41) is 12.2. The van der Waals surface area contributed by atoms with Gasteiger partial charge in [-0.3, -0.25) is 9.69 Å². The number of aliphatic carboxylic acids is 1. The summed E-state index contributed by atoms with van der Waals surface area (Å²) in [7, 11) is 4.31. The molecule has 0 spiro atoms. The number of rotatable bonds is 7. The Morgan fingerprint density at radius 1 is 1.22 bits per heavy atom. The molecular formula is C26H33ClN2O3. The molecule has 1 saturated heterocycles. The van der Waals surface area contributed by atoms with Crippen molar-refractivity contribution in [3.63, 3.8) is 0 Å². The molecule has 1 aliphatic carbocycles. The van der Waals surface area contributed by atoms with Crippen molar-refractivity contribution in [3.05, 3.63) is 65.7 Å². The van der Waals surface area contributed by atoms with Crippen molar-refractivity contribution in [3.8, 4) is 5.75 Å². The fourth-order valence-corrected chi connectivity index (χ4v) is 5.79. The summed E-state index contributed by atoms with van der Waals surface area (Å²) in [6.07, 6.45) is 4.37. The van der Waals surface area contributed by atoms with Crippen LogP contribution in [-0.2, 0) is 16.8 Å². The Bertz CT molecular complexity index is 922. The van der Waals surface area contributed by atoms with Gasteiger partial charge in [0.05, 0.1) is 0 Å². The number of carboxylic acids is 1. The number of alkyl halides is 1. The van der Waals surface area contributed by atoms with E-state index in [-0.39, 0.29) is 17.0 Å². The number of nitrogens with zero attached hydrogens (tertiary/aromatic N) is 1. The number of hydrogen-bond donors (Lipinski definition) is 2. The van der Waals surface area contributed by atoms with Crippen LogP contribution in [0.1, 0.15) is 36.8 Å². The topological polar surface area (TPSA) is 61.8 Å². The molecule has 1 unspecified atom stereocenters. The Labute approximate surface area is 195 Å². The summed E-state index contributed by atoms with van der Waals surface area (Å²) in [4.78, 5) is 13.5. The van der Waals surface area contributed by atoms with Crippen LogP contribution < -0.4 is 10.1 Å². The number of halogens is 1. The Balaban J connectivity index is 1.40. The molecule has 0 amide bonds. The second-order valence-electron chi connectivity index (χ2n) is 9.44. The molecule has 2 aromatic carbocycles. The van der Waals surface area contributed by atoms with E-state index in [9.17, 15) is 4.79 Å². The van der Waals surface area contributed by atoms with Gasteiger partial charge in [-0.1, -0.05) is 42.5 Å². The molecule has 4 rings (SSSR count). The first-order valence-electron chi connectivity index (χ1n) is 11.5. The van der Waals surface area contributed by atoms with Crippen LogP contribution in [0.3, 0.4) is 0 Å². The van der Waals surface area contributed by atoms with Gasteiger partial charge < -0.3 is 15.2 Å². The van der Waals surface area contributed by atoms with E-state index in [4.69, 9.17) is 21.4 Å². The zero-order chi connectivity index (χ0) is 22.7. The smallest absolute Gasteiger partial charge is 0.320 e. The zero-order valence-electron chi connectivity index (χ0n) is 18.8. The average Bonchev–Trinajstić information content (AvgIpc) is 3.25. The highest BCUT2D eigenvalue weighted by Gasteiger charge is 2.43. The van der Waals surface area contributed by atoms with Crippen molar-refractivity contribution >= 4 is 17.6 Å². The van der Waals surface area contributed by atoms with Crippen molar-refractivity contribution in [2.45, 2.75) is 55.2 Å². The normalized spacial score (nSPS) is 30.4. The zero-order valence-corrected chi connectivity index (χ0v) is 19.6. The van der Waals surface area contributed by atoms with Crippen molar-refractivity contribution in [1.82, 2.24) is 10.2 Å². The lowest BCUT2D eigenvalue weighted by Crippen LogP contribution is -2.48. The summed E-state index contributed by atoms with van der Waals surface area (Å²) < 4.78 is 6.07. The standard InChI is InChI=1S/C26H33ClN2O3/c1-29(2)26(20-8-4-3-5-9-20)12-11-19(23(27)16-26)13-18-7-6-10-21(14-18)32-22-15-24(25(30)31)28-17-22/h3-10,14,19,22-24,28H,11-13,15-17H2,1-2H3,(H,30,31)/t19-,22-,23-,24?,26-/m0/s1. The van der Waals surface area contributed by atoms with Crippen LogP contribution in [0.15, 0.2) is 54.6 Å². The molecule has 2 aliphatic rings. The number of carbonyl (C=O) groups is 1. The Morgan fingerprint density at radius 3 is 2.66 bits per heavy atom. The van der Waals surface area contributed by atoms with Crippen LogP contribution in [0.4, 0.5) is 0 Å². The van der Waals surface area contributed by atoms with E-state index in [2.05, 4.69) is 66.8 Å². The Hall–Kier alpha value is -2.08. The molecule has 32 heavy (non-hydrogen) atoms. The maximum absolute atomic E-state index is 11.2. The van der Waals surface area contributed by atoms with E-state index < -0.39 is 12.0 Å². The summed E-state index contributed by atoms with van der Waals surface area (Å²) in [6.45, 7) is 0.555. The molecule has 5 atom stereocenters. The van der Waals surface area contributed by atoms with Gasteiger partial charge in [0.25, 0.3) is 0 Å². The lowest BCUT2D eigenvalue weighted by atomic mass is 9.70. The van der Waals surface area contributed by atoms with E-state index in [1.54, 1.807) is 0 Å². The lowest BCUT2D eigenvalue weighted by molar-refractivity contribution is -0.139. The Morgan fingerprint density at radius 2 is 2.00 bits per heavy atom. The third kappa shape index (κ3) is 4.95. The second-order valence-corrected chi connectivity index (χ2v) is 10.00. The summed E-state index contributed by atoms with van der Waals surface area (Å²) in [5.74, 6) is 0.391. The first kappa shape index (κ1) is 23.1. The van der Waals surface area contributed by atoms with E-state index in [0.717, 1.165) is 31.4 Å². The van der Waals surface area contributed by atoms with Crippen LogP contribution in [0.25, 0.3) is 0 Å². The predicted molar refractivity (Wildman–Crippen MR) is 127 cm³/mol. The van der Waals surface area contributed by atoms with Gasteiger partial charge in [0.2, 0.25) is 0 Å². The third-order valence-corrected chi connectivity index (χ3v) is 7.74. The van der Waals surface area contributed by atoms with Gasteiger partial charge in [0.1, 0.15) is 17.9 Å². The fourth-order valence-electron chi connectivity index (χ4n) is 5.32. The largest absolute Gasteiger partial charge is 0.489 e. The van der Waals surface area contributed by atoms with E-state index in [1.807, 2.05) is 12.1 Å². The van der Waals surface area contributed by atoms with Gasteiger partial charge in [-0.25, -0.2) is 0 Å². The number of benzene rings is 2. The van der Waals surface area contributed by atoms with Gasteiger partial charge in [0, 0.05) is 23.9 Å². The van der Waals surface area contributed by atoms with Crippen LogP contribution in [0.2, 0.25) is 0 Å². The average molecular weight is 457 g/mol. The summed E-state index contributed by atoms with van der Waals surface area (Å²) in [5.41, 5.74) is 2.54. The van der Waals surface area contributed by atoms with Crippen LogP contribution in [-0.4, -0.2) is 54.1 Å². The molecule has 5 nitrogen and oxygen atoms in total. The molecule has 0 aromatic heterocycles. The lowest BCUT2D eigenvalue weighted by Gasteiger charge is -2.47. The van der Waals surface area contributed by atoms with Crippen molar-refractivity contribution in [2.24, 2.45) is 5.92 Å². The molecule has 2 fully saturated rings. The second kappa shape index (κ2) is 9.82. The minimum Gasteiger partial charge on any atom is -0.489 e. The maximum Gasteiger partial charge on any atom is 0.320 e. The van der Waals surface area contributed by atoms with Crippen molar-refractivity contribution < 1.29 is 14.6 Å². The molecule has 0 bridgehead atoms. The van der Waals surface area contributed by atoms with Gasteiger partial charge in [-0.15, -0.1) is 11.6 Å². The number of carboxylic acid groups (broad SMARTS) is 1. The van der Waals surface area contributed by atoms with Gasteiger partial charge in [-0.05, 0) is 69.0 Å². The number of hydrogen-bond acceptors (Lipinski definition) is 4. The van der Waals surface area contributed by atoms with Crippen LogP contribution in [0, 0.1) is 5.92 Å². The number of ether oxygens (including phenoxy) is 1. The molecule has 1 saturated carbocycles. The molecule has 6 heteroatoms. The summed E-state index contributed by atoms with van der Waals surface area (Å²) >= 11 is 7.01. The van der Waals surface area contributed by atoms with Crippen LogP contribution >= 0.6 is 11.6 Å². The van der Waals surface area contributed by atoms with Crippen LogP contribution in [0.5, 0.6) is 5.75 Å². The molecule has 2 aromatic rings. The van der Waals surface area contributed by atoms with Gasteiger partial charge >= 0.3 is 5.97 Å². The minimum atomic E-state index is -0.820. The van der Waals surface area contributed by atoms with E-state index in [1.165, 1.54) is 11.1 Å². The van der Waals surface area contributed by atoms with E-state index >= 15 is 0 Å².